The fraction of sp³-hybridized carbons (Fsp3) is 0.294. The monoisotopic (exact) mass is 326 g/mol. The van der Waals surface area contributed by atoms with Crippen molar-refractivity contribution in [3.05, 3.63) is 54.0 Å². The number of anilines is 1. The lowest BCUT2D eigenvalue weighted by atomic mass is 10.0. The molecule has 1 fully saturated rings. The summed E-state index contributed by atoms with van der Waals surface area (Å²) in [5.74, 6) is -0.688. The van der Waals surface area contributed by atoms with Gasteiger partial charge in [-0.1, -0.05) is 12.1 Å². The number of hydrogen-bond acceptors (Lipinski definition) is 5. The number of carboxylic acid groups (broad SMARTS) is 1. The average Bonchev–Trinajstić information content (AvgIpc) is 2.62. The Labute approximate surface area is 139 Å². The number of hydrogen-bond donors (Lipinski definition) is 2. The highest BCUT2D eigenvalue weighted by molar-refractivity contribution is 6.04. The number of aromatic nitrogens is 2. The van der Waals surface area contributed by atoms with E-state index in [0.29, 0.717) is 6.54 Å². The number of carbonyl (C=O) groups is 2. The highest BCUT2D eigenvalue weighted by Gasteiger charge is 2.24. The molecule has 0 spiro atoms. The number of benzene rings is 1. The van der Waals surface area contributed by atoms with Crippen molar-refractivity contribution in [2.24, 2.45) is 0 Å². The van der Waals surface area contributed by atoms with E-state index in [0.717, 1.165) is 25.2 Å². The molecule has 1 aliphatic rings. The van der Waals surface area contributed by atoms with Crippen LogP contribution >= 0.6 is 0 Å². The van der Waals surface area contributed by atoms with Crippen LogP contribution < -0.4 is 10.2 Å². The number of carboxylic acids is 1. The first kappa shape index (κ1) is 15.9. The quantitative estimate of drug-likeness (QED) is 0.885. The summed E-state index contributed by atoms with van der Waals surface area (Å²) in [4.78, 5) is 34.1. The fourth-order valence-corrected chi connectivity index (χ4v) is 2.89. The fourth-order valence-electron chi connectivity index (χ4n) is 2.89. The lowest BCUT2D eigenvalue weighted by Crippen LogP contribution is -2.48. The lowest BCUT2D eigenvalue weighted by Gasteiger charge is -2.33. The maximum absolute atomic E-state index is 12.5. The number of aromatic carboxylic acids is 1. The second-order valence-electron chi connectivity index (χ2n) is 5.67. The lowest BCUT2D eigenvalue weighted by molar-refractivity contribution is 0.0690. The van der Waals surface area contributed by atoms with Crippen LogP contribution in [0.3, 0.4) is 0 Å². The van der Waals surface area contributed by atoms with E-state index in [-0.39, 0.29) is 23.1 Å². The Kier molecular flexibility index (Phi) is 4.69. The van der Waals surface area contributed by atoms with Crippen LogP contribution in [0.2, 0.25) is 0 Å². The van der Waals surface area contributed by atoms with E-state index in [1.54, 1.807) is 30.7 Å². The van der Waals surface area contributed by atoms with E-state index in [4.69, 9.17) is 0 Å². The predicted molar refractivity (Wildman–Crippen MR) is 88.1 cm³/mol. The van der Waals surface area contributed by atoms with Gasteiger partial charge in [-0.3, -0.25) is 9.78 Å². The molecule has 2 N–H and O–H groups in total. The third-order valence-electron chi connectivity index (χ3n) is 4.03. The van der Waals surface area contributed by atoms with Crippen molar-refractivity contribution >= 4 is 17.7 Å². The highest BCUT2D eigenvalue weighted by Crippen LogP contribution is 2.17. The Balaban J connectivity index is 1.70. The van der Waals surface area contributed by atoms with Gasteiger partial charge in [-0.2, -0.15) is 0 Å². The van der Waals surface area contributed by atoms with Crippen LogP contribution in [0.4, 0.5) is 5.82 Å². The minimum absolute atomic E-state index is 0.0107. The summed E-state index contributed by atoms with van der Waals surface area (Å²) in [7, 11) is 0. The van der Waals surface area contributed by atoms with Crippen molar-refractivity contribution in [2.75, 3.05) is 18.0 Å². The first-order valence-corrected chi connectivity index (χ1v) is 7.79. The zero-order valence-electron chi connectivity index (χ0n) is 13.1. The number of piperidine rings is 1. The molecule has 0 saturated carbocycles. The molecule has 124 valence electrons. The summed E-state index contributed by atoms with van der Waals surface area (Å²) >= 11 is 0. The number of nitrogens with zero attached hydrogens (tertiary/aromatic N) is 3. The van der Waals surface area contributed by atoms with Gasteiger partial charge in [0.05, 0.1) is 17.3 Å². The maximum atomic E-state index is 12.5. The molecule has 1 aromatic heterocycles. The molecule has 2 aromatic rings. The largest absolute Gasteiger partial charge is 0.478 e. The summed E-state index contributed by atoms with van der Waals surface area (Å²) < 4.78 is 0. The zero-order chi connectivity index (χ0) is 16.9. The van der Waals surface area contributed by atoms with Crippen molar-refractivity contribution < 1.29 is 14.7 Å². The van der Waals surface area contributed by atoms with Gasteiger partial charge in [-0.15, -0.1) is 0 Å². The van der Waals surface area contributed by atoms with E-state index in [1.807, 2.05) is 0 Å². The number of carbonyl (C=O) groups excluding carboxylic acids is 1. The van der Waals surface area contributed by atoms with Crippen LogP contribution in [0.1, 0.15) is 33.6 Å². The van der Waals surface area contributed by atoms with Gasteiger partial charge < -0.3 is 15.3 Å². The van der Waals surface area contributed by atoms with Gasteiger partial charge in [-0.05, 0) is 25.0 Å². The smallest absolute Gasteiger partial charge is 0.336 e. The normalized spacial score (nSPS) is 17.3. The molecular weight excluding hydrogens is 308 g/mol. The molecule has 1 saturated heterocycles. The van der Waals surface area contributed by atoms with E-state index >= 15 is 0 Å². The first-order valence-electron chi connectivity index (χ1n) is 7.79. The molecule has 0 radical (unpaired) electrons. The molecule has 1 aliphatic heterocycles. The van der Waals surface area contributed by atoms with Crippen molar-refractivity contribution in [1.29, 1.82) is 0 Å². The van der Waals surface area contributed by atoms with Gasteiger partial charge in [0.15, 0.2) is 0 Å². The molecule has 0 aliphatic carbocycles. The van der Waals surface area contributed by atoms with Crippen molar-refractivity contribution in [1.82, 2.24) is 15.3 Å². The van der Waals surface area contributed by atoms with E-state index in [1.165, 1.54) is 12.1 Å². The third-order valence-corrected chi connectivity index (χ3v) is 4.03. The number of rotatable bonds is 4. The van der Waals surface area contributed by atoms with Crippen LogP contribution in [0.15, 0.2) is 42.9 Å². The second kappa shape index (κ2) is 7.08. The predicted octanol–water partition coefficient (Wildman–Crippen LogP) is 1.57. The van der Waals surface area contributed by atoms with Crippen molar-refractivity contribution in [2.45, 2.75) is 18.9 Å². The van der Waals surface area contributed by atoms with E-state index in [9.17, 15) is 14.7 Å². The van der Waals surface area contributed by atoms with Crippen LogP contribution in [-0.4, -0.2) is 46.1 Å². The van der Waals surface area contributed by atoms with Gasteiger partial charge in [0.25, 0.3) is 5.91 Å². The van der Waals surface area contributed by atoms with E-state index < -0.39 is 5.97 Å². The van der Waals surface area contributed by atoms with Crippen LogP contribution in [0, 0.1) is 0 Å². The number of nitrogens with one attached hydrogen (secondary N) is 1. The topological polar surface area (TPSA) is 95.4 Å². The Morgan fingerprint density at radius 3 is 2.71 bits per heavy atom. The molecule has 1 atom stereocenters. The van der Waals surface area contributed by atoms with Gasteiger partial charge in [-0.25, -0.2) is 9.78 Å². The SMILES string of the molecule is O=C(O)c1ccccc1C(=O)N[C@H]1CCCN(c2cnccn2)C1. The van der Waals surface area contributed by atoms with Gasteiger partial charge in [0.2, 0.25) is 0 Å². The van der Waals surface area contributed by atoms with Crippen LogP contribution in [0.5, 0.6) is 0 Å². The molecule has 0 unspecified atom stereocenters. The van der Waals surface area contributed by atoms with Gasteiger partial charge >= 0.3 is 5.97 Å². The van der Waals surface area contributed by atoms with Gasteiger partial charge in [0, 0.05) is 31.5 Å². The summed E-state index contributed by atoms with van der Waals surface area (Å²) in [6.45, 7) is 1.48. The maximum Gasteiger partial charge on any atom is 0.336 e. The van der Waals surface area contributed by atoms with Crippen molar-refractivity contribution in [3.8, 4) is 0 Å². The summed E-state index contributed by atoms with van der Waals surface area (Å²) in [6, 6.07) is 6.17. The minimum atomic E-state index is -1.11. The Morgan fingerprint density at radius 2 is 2.00 bits per heavy atom. The summed E-state index contributed by atoms with van der Waals surface area (Å²) in [5.41, 5.74) is 0.193. The molecule has 1 aromatic carbocycles. The minimum Gasteiger partial charge on any atom is -0.478 e. The molecular formula is C17H18N4O3. The molecule has 1 amide bonds. The van der Waals surface area contributed by atoms with Crippen LogP contribution in [-0.2, 0) is 0 Å². The molecule has 2 heterocycles. The summed E-state index contributed by atoms with van der Waals surface area (Å²) in [6.07, 6.45) is 6.72. The summed E-state index contributed by atoms with van der Waals surface area (Å²) in [5, 5.41) is 12.1. The highest BCUT2D eigenvalue weighted by atomic mass is 16.4. The molecule has 7 nitrogen and oxygen atoms in total. The Morgan fingerprint density at radius 1 is 1.21 bits per heavy atom. The Hall–Kier alpha value is -2.96. The molecule has 0 bridgehead atoms. The molecule has 7 heteroatoms. The van der Waals surface area contributed by atoms with Crippen molar-refractivity contribution in [3.63, 3.8) is 0 Å². The first-order chi connectivity index (χ1) is 11.6. The second-order valence-corrected chi connectivity index (χ2v) is 5.67. The zero-order valence-corrected chi connectivity index (χ0v) is 13.1. The molecule has 3 rings (SSSR count). The van der Waals surface area contributed by atoms with E-state index in [2.05, 4.69) is 20.2 Å². The average molecular weight is 326 g/mol. The molecule has 24 heavy (non-hydrogen) atoms. The number of amides is 1. The third kappa shape index (κ3) is 3.51. The Bertz CT molecular complexity index is 736. The standard InChI is InChI=1S/C17H18N4O3/c22-16(13-5-1-2-6-14(13)17(23)24)20-12-4-3-9-21(11-12)15-10-18-7-8-19-15/h1-2,5-8,10,12H,3-4,9,11H2,(H,20,22)(H,23,24)/t12-/m0/s1. The van der Waals surface area contributed by atoms with Gasteiger partial charge in [0.1, 0.15) is 5.82 Å². The van der Waals surface area contributed by atoms with Crippen LogP contribution in [0.25, 0.3) is 0 Å².